The molecule has 0 aliphatic heterocycles. The maximum Gasteiger partial charge on any atom is 0.242 e. The summed E-state index contributed by atoms with van der Waals surface area (Å²) in [6.45, 7) is 4.23. The maximum atomic E-state index is 12.2. The van der Waals surface area contributed by atoms with E-state index in [-0.39, 0.29) is 11.9 Å². The third-order valence-electron chi connectivity index (χ3n) is 3.01. The summed E-state index contributed by atoms with van der Waals surface area (Å²) in [6.07, 6.45) is 3.07. The Labute approximate surface area is 138 Å². The topological polar surface area (TPSA) is 71.8 Å². The molecular formula is C14H17Cl2N5O. The van der Waals surface area contributed by atoms with Crippen LogP contribution in [0.25, 0.3) is 0 Å². The third kappa shape index (κ3) is 4.61. The van der Waals surface area contributed by atoms with Gasteiger partial charge >= 0.3 is 0 Å². The van der Waals surface area contributed by atoms with Gasteiger partial charge in [-0.1, -0.05) is 23.2 Å². The van der Waals surface area contributed by atoms with Crippen LogP contribution in [0.5, 0.6) is 0 Å². The van der Waals surface area contributed by atoms with Gasteiger partial charge in [-0.3, -0.25) is 9.48 Å². The van der Waals surface area contributed by atoms with Crippen LogP contribution in [0.3, 0.4) is 0 Å². The Bertz CT molecular complexity index is 632. The molecule has 0 saturated carbocycles. The van der Waals surface area contributed by atoms with Gasteiger partial charge < -0.3 is 10.6 Å². The first-order chi connectivity index (χ1) is 10.5. The zero-order chi connectivity index (χ0) is 16.1. The molecule has 0 aliphatic rings. The normalized spacial score (nSPS) is 13.5. The van der Waals surface area contributed by atoms with Crippen molar-refractivity contribution in [1.29, 1.82) is 0 Å². The van der Waals surface area contributed by atoms with Gasteiger partial charge in [0.05, 0.1) is 17.3 Å². The number of halogens is 2. The van der Waals surface area contributed by atoms with E-state index in [0.717, 1.165) is 0 Å². The van der Waals surface area contributed by atoms with Crippen molar-refractivity contribution in [3.8, 4) is 0 Å². The lowest BCUT2D eigenvalue weighted by Crippen LogP contribution is -2.43. The molecule has 8 heteroatoms. The average molecular weight is 342 g/mol. The van der Waals surface area contributed by atoms with Crippen LogP contribution in [0.1, 0.15) is 13.8 Å². The molecule has 6 nitrogen and oxygen atoms in total. The van der Waals surface area contributed by atoms with Crippen molar-refractivity contribution >= 4 is 34.8 Å². The van der Waals surface area contributed by atoms with E-state index < -0.39 is 6.04 Å². The van der Waals surface area contributed by atoms with Crippen molar-refractivity contribution in [2.45, 2.75) is 32.5 Å². The summed E-state index contributed by atoms with van der Waals surface area (Å²) in [5.74, 6) is -0.126. The first kappa shape index (κ1) is 16.6. The largest absolute Gasteiger partial charge is 0.373 e. The Morgan fingerprint density at radius 1 is 1.36 bits per heavy atom. The summed E-state index contributed by atoms with van der Waals surface area (Å²) < 4.78 is 1.67. The molecule has 2 unspecified atom stereocenters. The van der Waals surface area contributed by atoms with Gasteiger partial charge in [-0.05, 0) is 32.0 Å². The number of aromatic nitrogens is 3. The van der Waals surface area contributed by atoms with Crippen molar-refractivity contribution in [2.24, 2.45) is 0 Å². The first-order valence-electron chi connectivity index (χ1n) is 6.80. The highest BCUT2D eigenvalue weighted by Crippen LogP contribution is 2.25. The molecule has 118 valence electrons. The molecule has 2 N–H and O–H groups in total. The van der Waals surface area contributed by atoms with E-state index >= 15 is 0 Å². The van der Waals surface area contributed by atoms with Crippen molar-refractivity contribution in [3.05, 3.63) is 40.9 Å². The smallest absolute Gasteiger partial charge is 0.242 e. The molecule has 0 fully saturated rings. The molecule has 0 saturated heterocycles. The molecule has 1 heterocycles. The minimum absolute atomic E-state index is 0.0702. The highest BCUT2D eigenvalue weighted by atomic mass is 35.5. The number of carbonyl (C=O) groups is 1. The predicted octanol–water partition coefficient (Wildman–Crippen LogP) is 2.59. The van der Waals surface area contributed by atoms with Gasteiger partial charge in [0.2, 0.25) is 5.91 Å². The molecule has 0 radical (unpaired) electrons. The van der Waals surface area contributed by atoms with E-state index in [2.05, 4.69) is 20.7 Å². The van der Waals surface area contributed by atoms with E-state index in [1.807, 2.05) is 6.92 Å². The molecule has 2 atom stereocenters. The van der Waals surface area contributed by atoms with Crippen molar-refractivity contribution in [1.82, 2.24) is 20.1 Å². The second kappa shape index (κ2) is 7.47. The number of hydrogen-bond donors (Lipinski definition) is 2. The zero-order valence-electron chi connectivity index (χ0n) is 12.3. The van der Waals surface area contributed by atoms with E-state index in [1.165, 1.54) is 6.33 Å². The summed E-state index contributed by atoms with van der Waals surface area (Å²) in [4.78, 5) is 16.0. The number of rotatable bonds is 6. The number of amides is 1. The lowest BCUT2D eigenvalue weighted by molar-refractivity contribution is -0.122. The number of nitrogens with one attached hydrogen (secondary N) is 2. The maximum absolute atomic E-state index is 12.2. The molecule has 0 aliphatic carbocycles. The number of carbonyl (C=O) groups excluding carboxylic acids is 1. The van der Waals surface area contributed by atoms with Gasteiger partial charge in [0.15, 0.2) is 0 Å². The number of anilines is 1. The molecule has 1 aromatic heterocycles. The van der Waals surface area contributed by atoms with Gasteiger partial charge in [0, 0.05) is 11.1 Å². The van der Waals surface area contributed by atoms with Gasteiger partial charge in [-0.2, -0.15) is 5.10 Å². The van der Waals surface area contributed by atoms with Crippen molar-refractivity contribution < 1.29 is 4.79 Å². The van der Waals surface area contributed by atoms with Crippen LogP contribution in [-0.4, -0.2) is 32.8 Å². The van der Waals surface area contributed by atoms with Crippen molar-refractivity contribution in [2.75, 3.05) is 5.32 Å². The highest BCUT2D eigenvalue weighted by molar-refractivity contribution is 6.36. The van der Waals surface area contributed by atoms with Crippen LogP contribution in [0.4, 0.5) is 5.69 Å². The lowest BCUT2D eigenvalue weighted by atomic mass is 10.2. The van der Waals surface area contributed by atoms with E-state index in [1.54, 1.807) is 36.1 Å². The van der Waals surface area contributed by atoms with E-state index in [0.29, 0.717) is 22.3 Å². The molecule has 0 spiro atoms. The third-order valence-corrected chi connectivity index (χ3v) is 3.56. The predicted molar refractivity (Wildman–Crippen MR) is 87.2 cm³/mol. The first-order valence-corrected chi connectivity index (χ1v) is 7.55. The van der Waals surface area contributed by atoms with Crippen LogP contribution in [-0.2, 0) is 11.3 Å². The number of hydrogen-bond acceptors (Lipinski definition) is 4. The number of nitrogens with zero attached hydrogens (tertiary/aromatic N) is 3. The molecule has 2 aromatic rings. The van der Waals surface area contributed by atoms with Crippen LogP contribution < -0.4 is 10.6 Å². The Balaban J connectivity index is 1.88. The molecule has 2 rings (SSSR count). The summed E-state index contributed by atoms with van der Waals surface area (Å²) in [6, 6.07) is 4.58. The van der Waals surface area contributed by atoms with Gasteiger partial charge in [0.25, 0.3) is 0 Å². The summed E-state index contributed by atoms with van der Waals surface area (Å²) in [5.41, 5.74) is 0.664. The zero-order valence-corrected chi connectivity index (χ0v) is 13.8. The van der Waals surface area contributed by atoms with E-state index in [9.17, 15) is 4.79 Å². The van der Waals surface area contributed by atoms with Gasteiger partial charge in [-0.25, -0.2) is 4.98 Å². The fourth-order valence-corrected chi connectivity index (χ4v) is 2.39. The van der Waals surface area contributed by atoms with Crippen LogP contribution in [0.2, 0.25) is 10.0 Å². The Kier molecular flexibility index (Phi) is 5.63. The van der Waals surface area contributed by atoms with Crippen LogP contribution >= 0.6 is 23.2 Å². The summed E-state index contributed by atoms with van der Waals surface area (Å²) in [5, 5.41) is 11.0. The molecule has 22 heavy (non-hydrogen) atoms. The fraction of sp³-hybridized carbons (Fsp3) is 0.357. The Morgan fingerprint density at radius 3 is 2.77 bits per heavy atom. The molecule has 0 bridgehead atoms. The van der Waals surface area contributed by atoms with Crippen molar-refractivity contribution in [3.63, 3.8) is 0 Å². The molecule has 1 amide bonds. The highest BCUT2D eigenvalue weighted by Gasteiger charge is 2.16. The summed E-state index contributed by atoms with van der Waals surface area (Å²) >= 11 is 11.9. The Hall–Kier alpha value is -1.79. The minimum Gasteiger partial charge on any atom is -0.373 e. The second-order valence-corrected chi connectivity index (χ2v) is 5.86. The average Bonchev–Trinajstić information content (AvgIpc) is 2.94. The SMILES string of the molecule is CC(Cn1cncn1)NC(=O)C(C)Nc1ccc(Cl)cc1Cl. The van der Waals surface area contributed by atoms with Crippen LogP contribution in [0, 0.1) is 0 Å². The molecular weight excluding hydrogens is 325 g/mol. The minimum atomic E-state index is -0.433. The Morgan fingerprint density at radius 2 is 2.14 bits per heavy atom. The van der Waals surface area contributed by atoms with Crippen LogP contribution in [0.15, 0.2) is 30.9 Å². The van der Waals surface area contributed by atoms with E-state index in [4.69, 9.17) is 23.2 Å². The second-order valence-electron chi connectivity index (χ2n) is 5.02. The van der Waals surface area contributed by atoms with Gasteiger partial charge in [-0.15, -0.1) is 0 Å². The number of benzene rings is 1. The lowest BCUT2D eigenvalue weighted by Gasteiger charge is -2.19. The standard InChI is InChI=1S/C14H17Cl2N5O/c1-9(6-21-8-17-7-18-21)19-14(22)10(2)20-13-4-3-11(15)5-12(13)16/h3-5,7-10,20H,6H2,1-2H3,(H,19,22). The monoisotopic (exact) mass is 341 g/mol. The molecule has 1 aromatic carbocycles. The quantitative estimate of drug-likeness (QED) is 0.846. The fourth-order valence-electron chi connectivity index (χ4n) is 1.93. The van der Waals surface area contributed by atoms with Gasteiger partial charge in [0.1, 0.15) is 18.7 Å². The summed E-state index contributed by atoms with van der Waals surface area (Å²) in [7, 11) is 0.